The Kier molecular flexibility index (Phi) is 12.1. The minimum Gasteiger partial charge on any atom is -0.494 e. The minimum atomic E-state index is 0. The lowest BCUT2D eigenvalue weighted by molar-refractivity contribution is 0.336. The molecular weight excluding hydrogens is 377 g/mol. The zero-order chi connectivity index (χ0) is 14.6. The van der Waals surface area contributed by atoms with Gasteiger partial charge in [-0.1, -0.05) is 44.4 Å². The number of nitrogens with two attached hydrogens (primary N) is 1. The molecule has 0 atom stereocenters. The van der Waals surface area contributed by atoms with Gasteiger partial charge in [0.05, 0.1) is 13.2 Å². The molecule has 120 valence electrons. The van der Waals surface area contributed by atoms with Gasteiger partial charge in [0.1, 0.15) is 5.75 Å². The summed E-state index contributed by atoms with van der Waals surface area (Å²) in [6, 6.07) is 7.93. The molecule has 4 nitrogen and oxygen atoms in total. The Labute approximate surface area is 145 Å². The highest BCUT2D eigenvalue weighted by Gasteiger charge is 2.01. The van der Waals surface area contributed by atoms with Gasteiger partial charge >= 0.3 is 0 Å². The number of ether oxygens (including phenoxy) is 1. The average molecular weight is 405 g/mol. The molecular formula is C16H28IN3O. The summed E-state index contributed by atoms with van der Waals surface area (Å²) < 4.78 is 5.56. The second kappa shape index (κ2) is 12.7. The Bertz CT molecular complexity index is 410. The van der Waals surface area contributed by atoms with E-state index in [1.165, 1.54) is 19.3 Å². The molecule has 0 radical (unpaired) electrons. The molecule has 0 aliphatic carbocycles. The molecule has 0 unspecified atom stereocenters. The zero-order valence-electron chi connectivity index (χ0n) is 13.1. The molecule has 21 heavy (non-hydrogen) atoms. The molecule has 0 saturated heterocycles. The highest BCUT2D eigenvalue weighted by Crippen LogP contribution is 2.18. The molecule has 0 fully saturated rings. The lowest BCUT2D eigenvalue weighted by Crippen LogP contribution is -2.32. The predicted molar refractivity (Wildman–Crippen MR) is 100 cm³/mol. The molecule has 0 aliphatic heterocycles. The van der Waals surface area contributed by atoms with Gasteiger partial charge in [0.25, 0.3) is 0 Å². The van der Waals surface area contributed by atoms with Crippen molar-refractivity contribution in [3.63, 3.8) is 0 Å². The van der Waals surface area contributed by atoms with Crippen molar-refractivity contribution in [2.24, 2.45) is 10.7 Å². The number of rotatable bonds is 9. The number of nitrogens with zero attached hydrogens (tertiary/aromatic N) is 1. The first-order valence-corrected chi connectivity index (χ1v) is 7.52. The molecule has 1 aromatic rings. The molecule has 0 aromatic heterocycles. The number of benzene rings is 1. The zero-order valence-corrected chi connectivity index (χ0v) is 15.4. The number of guanidine groups is 1. The van der Waals surface area contributed by atoms with Crippen LogP contribution in [0.25, 0.3) is 0 Å². The summed E-state index contributed by atoms with van der Waals surface area (Å²) >= 11 is 0. The van der Waals surface area contributed by atoms with Crippen LogP contribution in [0.1, 0.15) is 45.1 Å². The topological polar surface area (TPSA) is 59.6 Å². The molecule has 0 spiro atoms. The van der Waals surface area contributed by atoms with Gasteiger partial charge in [-0.15, -0.1) is 24.0 Å². The number of hydrogen-bond donors (Lipinski definition) is 2. The lowest BCUT2D eigenvalue weighted by Gasteiger charge is -2.09. The van der Waals surface area contributed by atoms with Crippen LogP contribution in [0.15, 0.2) is 29.3 Å². The Balaban J connectivity index is 0.00000400. The second-order valence-corrected chi connectivity index (χ2v) is 4.73. The van der Waals surface area contributed by atoms with Crippen LogP contribution in [-0.2, 0) is 6.54 Å². The van der Waals surface area contributed by atoms with Crippen molar-refractivity contribution < 1.29 is 4.74 Å². The van der Waals surface area contributed by atoms with E-state index in [1.54, 1.807) is 0 Å². The quantitative estimate of drug-likeness (QED) is 0.285. The largest absolute Gasteiger partial charge is 0.494 e. The van der Waals surface area contributed by atoms with Crippen molar-refractivity contribution in [2.45, 2.75) is 46.1 Å². The molecule has 5 heteroatoms. The van der Waals surface area contributed by atoms with E-state index in [0.29, 0.717) is 19.1 Å². The lowest BCUT2D eigenvalue weighted by atomic mass is 10.2. The Morgan fingerprint density at radius 3 is 2.67 bits per heavy atom. The number of halogens is 1. The SMILES string of the molecule is CCCCCCNC(N)=NCc1ccccc1OCC.I. The summed E-state index contributed by atoms with van der Waals surface area (Å²) in [6.45, 7) is 6.28. The van der Waals surface area contributed by atoms with Crippen molar-refractivity contribution in [3.8, 4) is 5.75 Å². The van der Waals surface area contributed by atoms with E-state index in [-0.39, 0.29) is 24.0 Å². The van der Waals surface area contributed by atoms with Gasteiger partial charge in [0.2, 0.25) is 0 Å². The van der Waals surface area contributed by atoms with Crippen LogP contribution in [0.5, 0.6) is 5.75 Å². The number of unbranched alkanes of at least 4 members (excludes halogenated alkanes) is 3. The summed E-state index contributed by atoms with van der Waals surface area (Å²) in [5.74, 6) is 1.39. The van der Waals surface area contributed by atoms with E-state index in [1.807, 2.05) is 31.2 Å². The van der Waals surface area contributed by atoms with E-state index < -0.39 is 0 Å². The fraction of sp³-hybridized carbons (Fsp3) is 0.562. The highest BCUT2D eigenvalue weighted by atomic mass is 127. The Morgan fingerprint density at radius 2 is 1.95 bits per heavy atom. The van der Waals surface area contributed by atoms with Gasteiger partial charge in [0.15, 0.2) is 5.96 Å². The third kappa shape index (κ3) is 8.80. The summed E-state index contributed by atoms with van der Waals surface area (Å²) in [6.07, 6.45) is 4.90. The van der Waals surface area contributed by atoms with E-state index in [4.69, 9.17) is 10.5 Å². The van der Waals surface area contributed by atoms with E-state index in [2.05, 4.69) is 17.2 Å². The van der Waals surface area contributed by atoms with Crippen LogP contribution in [0.3, 0.4) is 0 Å². The first-order chi connectivity index (χ1) is 9.77. The number of nitrogens with one attached hydrogen (secondary N) is 1. The van der Waals surface area contributed by atoms with E-state index >= 15 is 0 Å². The second-order valence-electron chi connectivity index (χ2n) is 4.73. The maximum Gasteiger partial charge on any atom is 0.188 e. The van der Waals surface area contributed by atoms with Crippen molar-refractivity contribution in [2.75, 3.05) is 13.2 Å². The molecule has 0 bridgehead atoms. The van der Waals surface area contributed by atoms with Gasteiger partial charge in [0, 0.05) is 12.1 Å². The van der Waals surface area contributed by atoms with Gasteiger partial charge in [-0.2, -0.15) is 0 Å². The van der Waals surface area contributed by atoms with Crippen LogP contribution in [-0.4, -0.2) is 19.1 Å². The molecule has 1 rings (SSSR count). The van der Waals surface area contributed by atoms with Crippen LogP contribution in [0.2, 0.25) is 0 Å². The molecule has 0 saturated carbocycles. The molecule has 0 heterocycles. The normalized spacial score (nSPS) is 10.9. The Morgan fingerprint density at radius 1 is 1.19 bits per heavy atom. The monoisotopic (exact) mass is 405 g/mol. The van der Waals surface area contributed by atoms with Gasteiger partial charge in [-0.05, 0) is 19.4 Å². The van der Waals surface area contributed by atoms with Gasteiger partial charge < -0.3 is 15.8 Å². The maximum atomic E-state index is 5.86. The minimum absolute atomic E-state index is 0. The molecule has 3 N–H and O–H groups in total. The van der Waals surface area contributed by atoms with E-state index in [9.17, 15) is 0 Å². The summed E-state index contributed by atoms with van der Waals surface area (Å²) in [5, 5.41) is 3.15. The fourth-order valence-electron chi connectivity index (χ4n) is 1.93. The fourth-order valence-corrected chi connectivity index (χ4v) is 1.93. The highest BCUT2D eigenvalue weighted by molar-refractivity contribution is 14.0. The van der Waals surface area contributed by atoms with Crippen LogP contribution >= 0.6 is 24.0 Å². The first-order valence-electron chi connectivity index (χ1n) is 7.52. The van der Waals surface area contributed by atoms with Crippen molar-refractivity contribution in [3.05, 3.63) is 29.8 Å². The third-order valence-electron chi connectivity index (χ3n) is 3.03. The summed E-state index contributed by atoms with van der Waals surface area (Å²) in [5.41, 5.74) is 6.92. The van der Waals surface area contributed by atoms with Gasteiger partial charge in [-0.3, -0.25) is 0 Å². The number of hydrogen-bond acceptors (Lipinski definition) is 2. The van der Waals surface area contributed by atoms with Crippen LogP contribution < -0.4 is 15.8 Å². The summed E-state index contributed by atoms with van der Waals surface area (Å²) in [7, 11) is 0. The third-order valence-corrected chi connectivity index (χ3v) is 3.03. The predicted octanol–water partition coefficient (Wildman–Crippen LogP) is 3.69. The molecule has 0 amide bonds. The van der Waals surface area contributed by atoms with Crippen molar-refractivity contribution in [1.29, 1.82) is 0 Å². The molecule has 1 aromatic carbocycles. The smallest absolute Gasteiger partial charge is 0.188 e. The van der Waals surface area contributed by atoms with Crippen LogP contribution in [0.4, 0.5) is 0 Å². The van der Waals surface area contributed by atoms with Crippen molar-refractivity contribution >= 4 is 29.9 Å². The van der Waals surface area contributed by atoms with Crippen LogP contribution in [0, 0.1) is 0 Å². The Hall–Kier alpha value is -0.980. The van der Waals surface area contributed by atoms with E-state index in [0.717, 1.165) is 24.3 Å². The number of aliphatic imine (C=N–C) groups is 1. The summed E-state index contributed by atoms with van der Waals surface area (Å²) in [4.78, 5) is 4.36. The first kappa shape index (κ1) is 20.0. The maximum absolute atomic E-state index is 5.86. The average Bonchev–Trinajstić information content (AvgIpc) is 2.46. The van der Waals surface area contributed by atoms with Crippen molar-refractivity contribution in [1.82, 2.24) is 5.32 Å². The number of para-hydroxylation sites is 1. The molecule has 0 aliphatic rings. The van der Waals surface area contributed by atoms with Gasteiger partial charge in [-0.25, -0.2) is 4.99 Å². The standard InChI is InChI=1S/C16H27N3O.HI/c1-3-5-6-9-12-18-16(17)19-13-14-10-7-8-11-15(14)20-4-2;/h7-8,10-11H,3-6,9,12-13H2,1-2H3,(H3,17,18,19);1H.